The van der Waals surface area contributed by atoms with E-state index in [1.165, 1.54) is 18.2 Å². The molecule has 0 bridgehead atoms. The average molecular weight is 288 g/mol. The van der Waals surface area contributed by atoms with Gasteiger partial charge in [-0.3, -0.25) is 0 Å². The van der Waals surface area contributed by atoms with Crippen LogP contribution < -0.4 is 10.2 Å². The molecule has 0 spiro atoms. The first-order valence-electron chi connectivity index (χ1n) is 7.15. The summed E-state index contributed by atoms with van der Waals surface area (Å²) in [5.41, 5.74) is 2.08. The van der Waals surface area contributed by atoms with Crippen LogP contribution in [0.15, 0.2) is 42.5 Å². The number of halogens is 2. The van der Waals surface area contributed by atoms with Crippen molar-refractivity contribution in [2.75, 3.05) is 11.9 Å². The third kappa shape index (κ3) is 3.22. The Labute approximate surface area is 123 Å². The van der Waals surface area contributed by atoms with E-state index in [1.54, 1.807) is 12.1 Å². The molecule has 0 unspecified atom stereocenters. The van der Waals surface area contributed by atoms with Crippen molar-refractivity contribution >= 4 is 11.4 Å². The lowest BCUT2D eigenvalue weighted by Gasteiger charge is -2.23. The molecule has 110 valence electrons. The van der Waals surface area contributed by atoms with Gasteiger partial charge in [0.15, 0.2) is 0 Å². The molecule has 1 N–H and O–H groups in total. The van der Waals surface area contributed by atoms with Gasteiger partial charge in [-0.15, -0.1) is 0 Å². The minimum Gasteiger partial charge on any atom is -0.344 e. The van der Waals surface area contributed by atoms with Crippen LogP contribution in [-0.2, 0) is 6.54 Å². The van der Waals surface area contributed by atoms with E-state index in [2.05, 4.69) is 5.32 Å². The molecular formula is C17H18F2N2. The van der Waals surface area contributed by atoms with Gasteiger partial charge in [-0.1, -0.05) is 12.1 Å². The zero-order valence-corrected chi connectivity index (χ0v) is 11.9. The first-order valence-corrected chi connectivity index (χ1v) is 7.15. The monoisotopic (exact) mass is 288 g/mol. The highest BCUT2D eigenvalue weighted by atomic mass is 19.1. The normalized spacial score (nSPS) is 14.2. The quantitative estimate of drug-likeness (QED) is 0.895. The fraction of sp³-hybridized carbons (Fsp3) is 0.294. The number of anilines is 2. The predicted molar refractivity (Wildman–Crippen MR) is 80.7 cm³/mol. The fourth-order valence-electron chi connectivity index (χ4n) is 2.39. The summed E-state index contributed by atoms with van der Waals surface area (Å²) in [6.45, 7) is 0.492. The maximum atomic E-state index is 14.1. The molecule has 2 aromatic rings. The number of rotatable bonds is 5. The Morgan fingerprint density at radius 2 is 1.90 bits per heavy atom. The zero-order valence-electron chi connectivity index (χ0n) is 11.9. The molecule has 0 saturated heterocycles. The fourth-order valence-corrected chi connectivity index (χ4v) is 2.39. The molecule has 0 radical (unpaired) electrons. The summed E-state index contributed by atoms with van der Waals surface area (Å²) in [4.78, 5) is 1.82. The highest BCUT2D eigenvalue weighted by Gasteiger charge is 2.22. The third-order valence-electron chi connectivity index (χ3n) is 3.80. The van der Waals surface area contributed by atoms with E-state index in [9.17, 15) is 8.78 Å². The van der Waals surface area contributed by atoms with Gasteiger partial charge < -0.3 is 10.2 Å². The third-order valence-corrected chi connectivity index (χ3v) is 3.80. The second kappa shape index (κ2) is 5.82. The molecule has 2 aromatic carbocycles. The summed E-state index contributed by atoms with van der Waals surface area (Å²) in [5.74, 6) is -0.530. The number of hydrogen-bond acceptors (Lipinski definition) is 2. The summed E-state index contributed by atoms with van der Waals surface area (Å²) in [6, 6.07) is 11.8. The van der Waals surface area contributed by atoms with E-state index in [0.717, 1.165) is 18.5 Å². The number of hydrogen-bond donors (Lipinski definition) is 1. The Morgan fingerprint density at radius 1 is 1.14 bits per heavy atom. The van der Waals surface area contributed by atoms with Gasteiger partial charge in [-0.05, 0) is 43.2 Å². The van der Waals surface area contributed by atoms with Crippen molar-refractivity contribution < 1.29 is 8.78 Å². The second-order valence-corrected chi connectivity index (χ2v) is 5.43. The average Bonchev–Trinajstić information content (AvgIpc) is 3.29. The van der Waals surface area contributed by atoms with Gasteiger partial charge in [0.1, 0.15) is 11.6 Å². The first-order chi connectivity index (χ1) is 10.1. The molecule has 1 saturated carbocycles. The molecule has 2 nitrogen and oxygen atoms in total. The molecule has 0 aliphatic heterocycles. The Morgan fingerprint density at radius 3 is 2.62 bits per heavy atom. The van der Waals surface area contributed by atoms with Crippen molar-refractivity contribution in [1.82, 2.24) is 5.32 Å². The summed E-state index contributed by atoms with van der Waals surface area (Å²) in [5, 5.41) is 3.33. The number of benzene rings is 2. The maximum absolute atomic E-state index is 14.1. The van der Waals surface area contributed by atoms with Crippen molar-refractivity contribution in [3.63, 3.8) is 0 Å². The highest BCUT2D eigenvalue weighted by Crippen LogP contribution is 2.30. The van der Waals surface area contributed by atoms with Gasteiger partial charge in [0, 0.05) is 36.6 Å². The standard InChI is InChI=1S/C17H18F2N2/c1-21(14-5-2-4-12(18)10-14)17-7-3-6-16(19)15(17)11-20-13-8-9-13/h2-7,10,13,20H,8-9,11H2,1H3. The summed E-state index contributed by atoms with van der Waals surface area (Å²) < 4.78 is 27.5. The molecule has 0 amide bonds. The molecule has 3 rings (SSSR count). The first kappa shape index (κ1) is 14.0. The lowest BCUT2D eigenvalue weighted by molar-refractivity contribution is 0.587. The molecule has 4 heteroatoms. The molecule has 21 heavy (non-hydrogen) atoms. The number of nitrogens with one attached hydrogen (secondary N) is 1. The van der Waals surface area contributed by atoms with Gasteiger partial charge in [0.25, 0.3) is 0 Å². The lowest BCUT2D eigenvalue weighted by Crippen LogP contribution is -2.20. The van der Waals surface area contributed by atoms with Crippen LogP contribution in [0.5, 0.6) is 0 Å². The summed E-state index contributed by atoms with van der Waals surface area (Å²) in [7, 11) is 1.82. The van der Waals surface area contributed by atoms with Gasteiger partial charge in [-0.2, -0.15) is 0 Å². The second-order valence-electron chi connectivity index (χ2n) is 5.43. The van der Waals surface area contributed by atoms with Crippen LogP contribution in [0.1, 0.15) is 18.4 Å². The van der Waals surface area contributed by atoms with E-state index in [0.29, 0.717) is 23.8 Å². The largest absolute Gasteiger partial charge is 0.344 e. The topological polar surface area (TPSA) is 15.3 Å². The van der Waals surface area contributed by atoms with Crippen LogP contribution in [0.3, 0.4) is 0 Å². The van der Waals surface area contributed by atoms with E-state index in [4.69, 9.17) is 0 Å². The van der Waals surface area contributed by atoms with Gasteiger partial charge in [0.2, 0.25) is 0 Å². The van der Waals surface area contributed by atoms with E-state index in [-0.39, 0.29) is 11.6 Å². The Kier molecular flexibility index (Phi) is 3.88. The van der Waals surface area contributed by atoms with Crippen LogP contribution in [0.25, 0.3) is 0 Å². The van der Waals surface area contributed by atoms with Crippen molar-refractivity contribution in [1.29, 1.82) is 0 Å². The molecule has 1 aliphatic carbocycles. The summed E-state index contributed by atoms with van der Waals surface area (Å²) in [6.07, 6.45) is 2.31. The highest BCUT2D eigenvalue weighted by molar-refractivity contribution is 5.66. The van der Waals surface area contributed by atoms with Crippen LogP contribution in [0, 0.1) is 11.6 Å². The van der Waals surface area contributed by atoms with Crippen molar-refractivity contribution in [3.8, 4) is 0 Å². The SMILES string of the molecule is CN(c1cccc(F)c1)c1cccc(F)c1CNC1CC1. The zero-order chi connectivity index (χ0) is 14.8. The van der Waals surface area contributed by atoms with Crippen LogP contribution >= 0.6 is 0 Å². The maximum Gasteiger partial charge on any atom is 0.129 e. The molecule has 0 atom stereocenters. The van der Waals surface area contributed by atoms with Crippen LogP contribution in [-0.4, -0.2) is 13.1 Å². The molecule has 1 aliphatic rings. The minimum absolute atomic E-state index is 0.232. The van der Waals surface area contributed by atoms with Gasteiger partial charge in [-0.25, -0.2) is 8.78 Å². The molecular weight excluding hydrogens is 270 g/mol. The van der Waals surface area contributed by atoms with Crippen molar-refractivity contribution in [3.05, 3.63) is 59.7 Å². The molecule has 0 aromatic heterocycles. The van der Waals surface area contributed by atoms with Crippen molar-refractivity contribution in [2.45, 2.75) is 25.4 Å². The van der Waals surface area contributed by atoms with E-state index in [1.807, 2.05) is 24.1 Å². The Hall–Kier alpha value is -1.94. The predicted octanol–water partition coefficient (Wildman–Crippen LogP) is 3.98. The van der Waals surface area contributed by atoms with Crippen molar-refractivity contribution in [2.24, 2.45) is 0 Å². The van der Waals surface area contributed by atoms with Gasteiger partial charge >= 0.3 is 0 Å². The lowest BCUT2D eigenvalue weighted by atomic mass is 10.1. The Balaban J connectivity index is 1.90. The summed E-state index contributed by atoms with van der Waals surface area (Å²) >= 11 is 0. The minimum atomic E-state index is -0.298. The van der Waals surface area contributed by atoms with E-state index >= 15 is 0 Å². The number of nitrogens with zero attached hydrogens (tertiary/aromatic N) is 1. The molecule has 0 heterocycles. The van der Waals surface area contributed by atoms with Crippen LogP contribution in [0.2, 0.25) is 0 Å². The Bertz CT molecular complexity index is 638. The smallest absolute Gasteiger partial charge is 0.129 e. The molecule has 1 fully saturated rings. The van der Waals surface area contributed by atoms with Gasteiger partial charge in [0.05, 0.1) is 0 Å². The van der Waals surface area contributed by atoms with E-state index < -0.39 is 0 Å². The van der Waals surface area contributed by atoms with Crippen LogP contribution in [0.4, 0.5) is 20.2 Å².